The highest BCUT2D eigenvalue weighted by atomic mass is 16.3. The molecule has 1 atom stereocenters. The molecule has 1 amide bonds. The molecule has 5 heteroatoms. The number of carbonyl (C=O) groups is 1. The number of hydrogen-bond acceptors (Lipinski definition) is 4. The number of aliphatic hydroxyl groups excluding tert-OH is 1. The van der Waals surface area contributed by atoms with Crippen LogP contribution in [0.3, 0.4) is 0 Å². The second kappa shape index (κ2) is 9.40. The van der Waals surface area contributed by atoms with Gasteiger partial charge in [0, 0.05) is 44.9 Å². The number of pyridine rings is 1. The average molecular weight is 394 g/mol. The molecule has 1 N–H and O–H groups in total. The fraction of sp³-hybridized carbons (Fsp3) is 0.500. The van der Waals surface area contributed by atoms with Crippen LogP contribution < -0.4 is 4.90 Å². The SMILES string of the molecule is O=C(c1ccc(N2CC[C@@H](CO)C2)nc1)N1CCC(CCc2ccccc2)CC1. The number of likely N-dealkylation sites (tertiary alicyclic amines) is 1. The number of piperidine rings is 1. The minimum Gasteiger partial charge on any atom is -0.396 e. The van der Waals surface area contributed by atoms with E-state index >= 15 is 0 Å². The number of carbonyl (C=O) groups excluding carboxylic acids is 1. The fourth-order valence-corrected chi connectivity index (χ4v) is 4.51. The Hall–Kier alpha value is -2.40. The maximum absolute atomic E-state index is 12.9. The zero-order chi connectivity index (χ0) is 20.1. The lowest BCUT2D eigenvalue weighted by Crippen LogP contribution is -2.38. The van der Waals surface area contributed by atoms with Gasteiger partial charge in [-0.05, 0) is 55.7 Å². The zero-order valence-corrected chi connectivity index (χ0v) is 17.0. The Kier molecular flexibility index (Phi) is 6.45. The molecule has 29 heavy (non-hydrogen) atoms. The van der Waals surface area contributed by atoms with E-state index in [-0.39, 0.29) is 12.5 Å². The number of aromatic nitrogens is 1. The van der Waals surface area contributed by atoms with Crippen molar-refractivity contribution in [1.82, 2.24) is 9.88 Å². The summed E-state index contributed by atoms with van der Waals surface area (Å²) in [4.78, 5) is 21.5. The lowest BCUT2D eigenvalue weighted by molar-refractivity contribution is 0.0686. The van der Waals surface area contributed by atoms with Gasteiger partial charge in [0.05, 0.1) is 5.56 Å². The molecule has 1 aromatic heterocycles. The van der Waals surface area contributed by atoms with Gasteiger partial charge >= 0.3 is 0 Å². The number of nitrogens with zero attached hydrogens (tertiary/aromatic N) is 3. The molecule has 0 radical (unpaired) electrons. The Labute approximate surface area is 173 Å². The molecule has 2 aliphatic rings. The third-order valence-electron chi connectivity index (χ3n) is 6.45. The molecule has 2 aromatic rings. The Morgan fingerprint density at radius 3 is 2.41 bits per heavy atom. The number of benzene rings is 1. The van der Waals surface area contributed by atoms with Crippen molar-refractivity contribution >= 4 is 11.7 Å². The first-order valence-corrected chi connectivity index (χ1v) is 10.9. The minimum atomic E-state index is 0.0974. The van der Waals surface area contributed by atoms with E-state index in [2.05, 4.69) is 40.2 Å². The van der Waals surface area contributed by atoms with Gasteiger partial charge in [-0.1, -0.05) is 30.3 Å². The maximum atomic E-state index is 12.9. The summed E-state index contributed by atoms with van der Waals surface area (Å²) >= 11 is 0. The van der Waals surface area contributed by atoms with Gasteiger partial charge in [0.2, 0.25) is 0 Å². The van der Waals surface area contributed by atoms with E-state index in [9.17, 15) is 9.90 Å². The first-order chi connectivity index (χ1) is 14.2. The summed E-state index contributed by atoms with van der Waals surface area (Å²) in [6, 6.07) is 14.5. The third-order valence-corrected chi connectivity index (χ3v) is 6.45. The van der Waals surface area contributed by atoms with Crippen molar-refractivity contribution in [2.24, 2.45) is 11.8 Å². The smallest absolute Gasteiger partial charge is 0.255 e. The van der Waals surface area contributed by atoms with E-state index in [1.807, 2.05) is 17.0 Å². The van der Waals surface area contributed by atoms with Crippen molar-refractivity contribution in [2.45, 2.75) is 32.1 Å². The van der Waals surface area contributed by atoms with Gasteiger partial charge in [0.1, 0.15) is 5.82 Å². The van der Waals surface area contributed by atoms with E-state index in [0.717, 1.165) is 57.7 Å². The first kappa shape index (κ1) is 19.9. The van der Waals surface area contributed by atoms with Crippen molar-refractivity contribution in [3.05, 3.63) is 59.8 Å². The summed E-state index contributed by atoms with van der Waals surface area (Å²) in [6.07, 6.45) is 7.20. The molecule has 154 valence electrons. The van der Waals surface area contributed by atoms with Crippen LogP contribution in [0.15, 0.2) is 48.7 Å². The summed E-state index contributed by atoms with van der Waals surface area (Å²) in [7, 11) is 0. The van der Waals surface area contributed by atoms with Crippen molar-refractivity contribution < 1.29 is 9.90 Å². The van der Waals surface area contributed by atoms with Crippen LogP contribution in [0.2, 0.25) is 0 Å². The minimum absolute atomic E-state index is 0.0974. The third kappa shape index (κ3) is 4.96. The average Bonchev–Trinajstić information content (AvgIpc) is 3.28. The molecule has 5 nitrogen and oxygen atoms in total. The van der Waals surface area contributed by atoms with Gasteiger partial charge in [0.15, 0.2) is 0 Å². The van der Waals surface area contributed by atoms with Gasteiger partial charge in [-0.3, -0.25) is 4.79 Å². The normalized spacial score (nSPS) is 20.2. The number of anilines is 1. The predicted octanol–water partition coefficient (Wildman–Crippen LogP) is 3.39. The van der Waals surface area contributed by atoms with Gasteiger partial charge in [0.25, 0.3) is 5.91 Å². The van der Waals surface area contributed by atoms with Crippen molar-refractivity contribution in [3.8, 4) is 0 Å². The molecule has 2 saturated heterocycles. The molecule has 2 fully saturated rings. The number of aryl methyl sites for hydroxylation is 1. The lowest BCUT2D eigenvalue weighted by Gasteiger charge is -2.32. The highest BCUT2D eigenvalue weighted by molar-refractivity contribution is 5.94. The molecule has 0 aliphatic carbocycles. The Morgan fingerprint density at radius 1 is 1.00 bits per heavy atom. The molecule has 0 unspecified atom stereocenters. The van der Waals surface area contributed by atoms with Crippen molar-refractivity contribution in [3.63, 3.8) is 0 Å². The molecule has 0 spiro atoms. The molecule has 1 aromatic carbocycles. The van der Waals surface area contributed by atoms with Crippen LogP contribution in [0.5, 0.6) is 0 Å². The first-order valence-electron chi connectivity index (χ1n) is 10.9. The molecular weight excluding hydrogens is 362 g/mol. The summed E-state index contributed by atoms with van der Waals surface area (Å²) < 4.78 is 0. The molecule has 0 bridgehead atoms. The number of rotatable bonds is 6. The lowest BCUT2D eigenvalue weighted by atomic mass is 9.90. The monoisotopic (exact) mass is 393 g/mol. The van der Waals surface area contributed by atoms with Crippen LogP contribution in [0, 0.1) is 11.8 Å². The highest BCUT2D eigenvalue weighted by Crippen LogP contribution is 2.25. The molecule has 4 rings (SSSR count). The molecule has 0 saturated carbocycles. The van der Waals surface area contributed by atoms with Crippen LogP contribution in [0.25, 0.3) is 0 Å². The second-order valence-corrected chi connectivity index (χ2v) is 8.45. The maximum Gasteiger partial charge on any atom is 0.255 e. The second-order valence-electron chi connectivity index (χ2n) is 8.45. The number of amides is 1. The summed E-state index contributed by atoms with van der Waals surface area (Å²) in [5.41, 5.74) is 2.08. The molecule has 2 aliphatic heterocycles. The molecular formula is C24H31N3O2. The van der Waals surface area contributed by atoms with Crippen LogP contribution in [-0.2, 0) is 6.42 Å². The topological polar surface area (TPSA) is 56.7 Å². The van der Waals surface area contributed by atoms with E-state index in [1.54, 1.807) is 6.20 Å². The standard InChI is InChI=1S/C24H31N3O2/c28-18-21-12-15-27(17-21)23-9-8-22(16-25-23)24(29)26-13-10-20(11-14-26)7-6-19-4-2-1-3-5-19/h1-5,8-9,16,20-21,28H,6-7,10-15,17-18H2/t21-/m1/s1. The van der Waals surface area contributed by atoms with E-state index in [0.29, 0.717) is 17.4 Å². The summed E-state index contributed by atoms with van der Waals surface area (Å²) in [5, 5.41) is 9.30. The fourth-order valence-electron chi connectivity index (χ4n) is 4.51. The van der Waals surface area contributed by atoms with E-state index in [4.69, 9.17) is 0 Å². The summed E-state index contributed by atoms with van der Waals surface area (Å²) in [6.45, 7) is 3.67. The number of aliphatic hydroxyl groups is 1. The number of hydrogen-bond donors (Lipinski definition) is 1. The van der Waals surface area contributed by atoms with E-state index < -0.39 is 0 Å². The highest BCUT2D eigenvalue weighted by Gasteiger charge is 2.25. The van der Waals surface area contributed by atoms with Gasteiger partial charge in [-0.2, -0.15) is 0 Å². The Morgan fingerprint density at radius 2 is 1.76 bits per heavy atom. The van der Waals surface area contributed by atoms with Gasteiger partial charge in [-0.15, -0.1) is 0 Å². The van der Waals surface area contributed by atoms with Gasteiger partial charge in [-0.25, -0.2) is 4.98 Å². The Bertz CT molecular complexity index is 786. The van der Waals surface area contributed by atoms with Crippen LogP contribution >= 0.6 is 0 Å². The molecule has 3 heterocycles. The van der Waals surface area contributed by atoms with Crippen molar-refractivity contribution in [2.75, 3.05) is 37.7 Å². The quantitative estimate of drug-likeness (QED) is 0.817. The largest absolute Gasteiger partial charge is 0.396 e. The van der Waals surface area contributed by atoms with Gasteiger partial charge < -0.3 is 14.9 Å². The van der Waals surface area contributed by atoms with Crippen LogP contribution in [0.4, 0.5) is 5.82 Å². The van der Waals surface area contributed by atoms with Crippen molar-refractivity contribution in [1.29, 1.82) is 0 Å². The zero-order valence-electron chi connectivity index (χ0n) is 17.0. The van der Waals surface area contributed by atoms with E-state index in [1.165, 1.54) is 12.0 Å². The van der Waals surface area contributed by atoms with Crippen LogP contribution in [-0.4, -0.2) is 53.7 Å². The van der Waals surface area contributed by atoms with Crippen LogP contribution in [0.1, 0.15) is 41.6 Å². The predicted molar refractivity (Wildman–Crippen MR) is 115 cm³/mol. The summed E-state index contributed by atoms with van der Waals surface area (Å²) in [5.74, 6) is 2.04. The Balaban J connectivity index is 1.26.